The lowest BCUT2D eigenvalue weighted by Gasteiger charge is -2.40. The quantitative estimate of drug-likeness (QED) is 0.620. The average Bonchev–Trinajstić information content (AvgIpc) is 2.84. The molecule has 1 saturated heterocycles. The number of likely N-dealkylation sites (tertiary alicyclic amines) is 1. The van der Waals surface area contributed by atoms with Crippen LogP contribution < -0.4 is 10.1 Å². The molecule has 5 nitrogen and oxygen atoms in total. The molecule has 4 rings (SSSR count). The van der Waals surface area contributed by atoms with Gasteiger partial charge in [0.05, 0.1) is 5.41 Å². The number of benzene rings is 3. The van der Waals surface area contributed by atoms with Crippen LogP contribution >= 0.6 is 0 Å². The molecule has 0 spiro atoms. The predicted octanol–water partition coefficient (Wildman–Crippen LogP) is 4.68. The Bertz CT molecular complexity index is 1040. The van der Waals surface area contributed by atoms with Gasteiger partial charge in [-0.1, -0.05) is 60.7 Å². The van der Waals surface area contributed by atoms with E-state index in [1.54, 1.807) is 6.92 Å². The Morgan fingerprint density at radius 2 is 1.41 bits per heavy atom. The average molecular weight is 429 g/mol. The molecule has 3 aromatic rings. The molecule has 0 saturated carbocycles. The molecule has 1 fully saturated rings. The molecular formula is C27H28N2O3. The molecule has 1 aliphatic rings. The molecule has 1 aliphatic heterocycles. The van der Waals surface area contributed by atoms with Crippen molar-refractivity contribution in [3.8, 4) is 11.5 Å². The van der Waals surface area contributed by atoms with Gasteiger partial charge in [0.1, 0.15) is 11.5 Å². The molecule has 164 valence electrons. The summed E-state index contributed by atoms with van der Waals surface area (Å²) in [6, 6.07) is 27.3. The van der Waals surface area contributed by atoms with E-state index in [2.05, 4.69) is 5.32 Å². The highest BCUT2D eigenvalue weighted by Gasteiger charge is 2.43. The lowest BCUT2D eigenvalue weighted by Crippen LogP contribution is -2.52. The Balaban J connectivity index is 1.43. The molecule has 0 radical (unpaired) electrons. The summed E-state index contributed by atoms with van der Waals surface area (Å²) >= 11 is 0. The SMILES string of the molecule is CC(=O)N1CCC(C(=O)NCc2ccc(Oc3ccccc3)cc2)(c2ccccc2)CC1. The third kappa shape index (κ3) is 4.83. The number of nitrogens with one attached hydrogen (secondary N) is 1. The van der Waals surface area contributed by atoms with Crippen molar-refractivity contribution in [1.82, 2.24) is 10.2 Å². The van der Waals surface area contributed by atoms with Crippen LogP contribution in [0.3, 0.4) is 0 Å². The highest BCUT2D eigenvalue weighted by atomic mass is 16.5. The molecule has 1 heterocycles. The maximum atomic E-state index is 13.4. The molecule has 3 aromatic carbocycles. The summed E-state index contributed by atoms with van der Waals surface area (Å²) in [4.78, 5) is 27.0. The molecule has 5 heteroatoms. The van der Waals surface area contributed by atoms with Crippen molar-refractivity contribution in [2.75, 3.05) is 13.1 Å². The summed E-state index contributed by atoms with van der Waals surface area (Å²) in [5.74, 6) is 1.61. The van der Waals surface area contributed by atoms with Crippen LogP contribution in [-0.4, -0.2) is 29.8 Å². The van der Waals surface area contributed by atoms with E-state index in [0.29, 0.717) is 32.5 Å². The number of nitrogens with zero attached hydrogens (tertiary/aromatic N) is 1. The van der Waals surface area contributed by atoms with Crippen LogP contribution in [0.4, 0.5) is 0 Å². The van der Waals surface area contributed by atoms with Gasteiger partial charge in [0, 0.05) is 26.6 Å². The van der Waals surface area contributed by atoms with Crippen LogP contribution in [0.2, 0.25) is 0 Å². The zero-order chi connectivity index (χ0) is 22.4. The zero-order valence-electron chi connectivity index (χ0n) is 18.3. The third-order valence-electron chi connectivity index (χ3n) is 6.18. The Labute approximate surface area is 189 Å². The van der Waals surface area contributed by atoms with Crippen molar-refractivity contribution in [3.63, 3.8) is 0 Å². The van der Waals surface area contributed by atoms with E-state index in [1.807, 2.05) is 89.8 Å². The topological polar surface area (TPSA) is 58.6 Å². The van der Waals surface area contributed by atoms with E-state index in [1.165, 1.54) is 0 Å². The summed E-state index contributed by atoms with van der Waals surface area (Å²) in [5, 5.41) is 3.14. The Morgan fingerprint density at radius 1 is 0.844 bits per heavy atom. The number of hydrogen-bond donors (Lipinski definition) is 1. The smallest absolute Gasteiger partial charge is 0.231 e. The van der Waals surface area contributed by atoms with E-state index in [9.17, 15) is 9.59 Å². The minimum atomic E-state index is -0.621. The van der Waals surface area contributed by atoms with E-state index in [-0.39, 0.29) is 11.8 Å². The van der Waals surface area contributed by atoms with Crippen LogP contribution in [0.15, 0.2) is 84.9 Å². The van der Waals surface area contributed by atoms with Crippen molar-refractivity contribution in [2.45, 2.75) is 31.7 Å². The van der Waals surface area contributed by atoms with E-state index < -0.39 is 5.41 Å². The fourth-order valence-electron chi connectivity index (χ4n) is 4.26. The maximum absolute atomic E-state index is 13.4. The highest BCUT2D eigenvalue weighted by molar-refractivity contribution is 5.88. The fraction of sp³-hybridized carbons (Fsp3) is 0.259. The Kier molecular flexibility index (Phi) is 6.55. The normalized spacial score (nSPS) is 15.1. The summed E-state index contributed by atoms with van der Waals surface area (Å²) in [5.41, 5.74) is 1.39. The summed E-state index contributed by atoms with van der Waals surface area (Å²) in [7, 11) is 0. The van der Waals surface area contributed by atoms with Gasteiger partial charge >= 0.3 is 0 Å². The second-order valence-corrected chi connectivity index (χ2v) is 8.20. The van der Waals surface area contributed by atoms with Crippen LogP contribution in [0.1, 0.15) is 30.9 Å². The van der Waals surface area contributed by atoms with Gasteiger partial charge in [0.2, 0.25) is 11.8 Å². The summed E-state index contributed by atoms with van der Waals surface area (Å²) < 4.78 is 5.84. The first-order valence-corrected chi connectivity index (χ1v) is 11.0. The summed E-state index contributed by atoms with van der Waals surface area (Å²) in [6.07, 6.45) is 1.23. The molecule has 0 aromatic heterocycles. The van der Waals surface area contributed by atoms with Gasteiger partial charge in [-0.15, -0.1) is 0 Å². The second kappa shape index (κ2) is 9.69. The maximum Gasteiger partial charge on any atom is 0.231 e. The van der Waals surface area contributed by atoms with Crippen LogP contribution in [-0.2, 0) is 21.5 Å². The van der Waals surface area contributed by atoms with Gasteiger partial charge in [-0.05, 0) is 48.2 Å². The summed E-state index contributed by atoms with van der Waals surface area (Å²) in [6.45, 7) is 3.20. The predicted molar refractivity (Wildman–Crippen MR) is 124 cm³/mol. The number of carbonyl (C=O) groups excluding carboxylic acids is 2. The van der Waals surface area contributed by atoms with Crippen molar-refractivity contribution in [3.05, 3.63) is 96.1 Å². The number of carbonyl (C=O) groups is 2. The van der Waals surface area contributed by atoms with Crippen molar-refractivity contribution in [1.29, 1.82) is 0 Å². The fourth-order valence-corrected chi connectivity index (χ4v) is 4.26. The van der Waals surface area contributed by atoms with Gasteiger partial charge in [-0.2, -0.15) is 0 Å². The minimum absolute atomic E-state index is 0.0107. The lowest BCUT2D eigenvalue weighted by molar-refractivity contribution is -0.135. The Morgan fingerprint density at radius 3 is 2.00 bits per heavy atom. The molecule has 0 bridgehead atoms. The van der Waals surface area contributed by atoms with Gasteiger partial charge in [0.25, 0.3) is 0 Å². The number of ether oxygens (including phenoxy) is 1. The number of rotatable bonds is 6. The van der Waals surface area contributed by atoms with Crippen molar-refractivity contribution < 1.29 is 14.3 Å². The number of para-hydroxylation sites is 1. The van der Waals surface area contributed by atoms with Crippen LogP contribution in [0.5, 0.6) is 11.5 Å². The molecule has 32 heavy (non-hydrogen) atoms. The molecule has 0 unspecified atom stereocenters. The van der Waals surface area contributed by atoms with E-state index in [4.69, 9.17) is 4.74 Å². The van der Waals surface area contributed by atoms with Gasteiger partial charge in [-0.3, -0.25) is 9.59 Å². The molecule has 0 atom stereocenters. The number of amides is 2. The molecule has 2 amide bonds. The molecular weight excluding hydrogens is 400 g/mol. The van der Waals surface area contributed by atoms with Gasteiger partial charge in [0.15, 0.2) is 0 Å². The first kappa shape index (κ1) is 21.6. The van der Waals surface area contributed by atoms with Gasteiger partial charge in [-0.25, -0.2) is 0 Å². The lowest BCUT2D eigenvalue weighted by atomic mass is 9.72. The minimum Gasteiger partial charge on any atom is -0.457 e. The van der Waals surface area contributed by atoms with Gasteiger partial charge < -0.3 is 15.0 Å². The standard InChI is InChI=1S/C27H28N2O3/c1-21(30)29-18-16-27(17-19-29,23-8-4-2-5-9-23)26(31)28-20-22-12-14-25(15-13-22)32-24-10-6-3-7-11-24/h2-15H,16-20H2,1H3,(H,28,31). The van der Waals surface area contributed by atoms with Crippen molar-refractivity contribution in [2.24, 2.45) is 0 Å². The largest absolute Gasteiger partial charge is 0.457 e. The Hall–Kier alpha value is -3.60. The number of hydrogen-bond acceptors (Lipinski definition) is 3. The van der Waals surface area contributed by atoms with Crippen LogP contribution in [0.25, 0.3) is 0 Å². The number of piperidine rings is 1. The van der Waals surface area contributed by atoms with Crippen molar-refractivity contribution >= 4 is 11.8 Å². The molecule has 1 N–H and O–H groups in total. The highest BCUT2D eigenvalue weighted by Crippen LogP contribution is 2.36. The van der Waals surface area contributed by atoms with Crippen LogP contribution in [0, 0.1) is 0 Å². The second-order valence-electron chi connectivity index (χ2n) is 8.20. The van der Waals surface area contributed by atoms with E-state index >= 15 is 0 Å². The third-order valence-corrected chi connectivity index (χ3v) is 6.18. The first-order chi connectivity index (χ1) is 15.6. The molecule has 0 aliphatic carbocycles. The van der Waals surface area contributed by atoms with E-state index in [0.717, 1.165) is 22.6 Å². The monoisotopic (exact) mass is 428 g/mol. The zero-order valence-corrected chi connectivity index (χ0v) is 18.3. The first-order valence-electron chi connectivity index (χ1n) is 11.0.